The molecule has 0 amide bonds. The minimum absolute atomic E-state index is 0.143. The van der Waals surface area contributed by atoms with Crippen molar-refractivity contribution in [3.8, 4) is 10.8 Å². The van der Waals surface area contributed by atoms with Gasteiger partial charge in [0.2, 0.25) is 0 Å². The maximum Gasteiger partial charge on any atom is 0.323 e. The van der Waals surface area contributed by atoms with Crippen LogP contribution in [0.25, 0.3) is 0 Å². The van der Waals surface area contributed by atoms with E-state index in [4.69, 9.17) is 4.74 Å². The molecule has 1 aromatic carbocycles. The number of nitrogens with zero attached hydrogens (tertiary/aromatic N) is 1. The van der Waals surface area contributed by atoms with Crippen LogP contribution in [0.4, 0.5) is 14.5 Å². The molecular formula is C12H9F2NO4S. The highest BCUT2D eigenvalue weighted by molar-refractivity contribution is 7.14. The van der Waals surface area contributed by atoms with E-state index in [1.54, 1.807) is 0 Å². The Labute approximate surface area is 116 Å². The first-order chi connectivity index (χ1) is 9.36. The number of thiophene rings is 1. The van der Waals surface area contributed by atoms with E-state index in [-0.39, 0.29) is 16.5 Å². The van der Waals surface area contributed by atoms with E-state index in [0.29, 0.717) is 10.9 Å². The fraction of sp³-hybridized carbons (Fsp3) is 0.167. The smallest absolute Gasteiger partial charge is 0.323 e. The molecule has 20 heavy (non-hydrogen) atoms. The molecule has 0 aliphatic rings. The predicted octanol–water partition coefficient (Wildman–Crippen LogP) is 3.78. The van der Waals surface area contributed by atoms with Gasteiger partial charge in [0.25, 0.3) is 5.06 Å². The predicted molar refractivity (Wildman–Crippen MR) is 68.0 cm³/mol. The van der Waals surface area contributed by atoms with Crippen LogP contribution in [0.5, 0.6) is 10.8 Å². The Hall–Kier alpha value is -2.06. The molecule has 1 N–H and O–H groups in total. The first kappa shape index (κ1) is 14.4. The number of ether oxygens (including phenoxy) is 1. The highest BCUT2D eigenvalue weighted by Gasteiger charge is 2.23. The molecule has 106 valence electrons. The van der Waals surface area contributed by atoms with Gasteiger partial charge in [-0.2, -0.15) is 0 Å². The summed E-state index contributed by atoms with van der Waals surface area (Å²) in [4.78, 5) is 10.5. The Bertz CT molecular complexity index is 637. The largest absolute Gasteiger partial charge is 0.440 e. The Morgan fingerprint density at radius 3 is 2.40 bits per heavy atom. The van der Waals surface area contributed by atoms with Gasteiger partial charge >= 0.3 is 5.69 Å². The topological polar surface area (TPSA) is 72.6 Å². The molecule has 0 bridgehead atoms. The summed E-state index contributed by atoms with van der Waals surface area (Å²) >= 11 is 0.844. The van der Waals surface area contributed by atoms with Gasteiger partial charge in [-0.25, -0.2) is 8.78 Å². The normalized spacial score (nSPS) is 12.2. The van der Waals surface area contributed by atoms with Crippen LogP contribution in [-0.4, -0.2) is 10.0 Å². The van der Waals surface area contributed by atoms with Crippen LogP contribution < -0.4 is 4.74 Å². The minimum Gasteiger partial charge on any atom is -0.440 e. The minimum atomic E-state index is -0.903. The van der Waals surface area contributed by atoms with Gasteiger partial charge in [0.1, 0.15) is 17.4 Å². The van der Waals surface area contributed by atoms with Gasteiger partial charge in [-0.05, 0) is 6.92 Å². The summed E-state index contributed by atoms with van der Waals surface area (Å²) in [7, 11) is 0. The van der Waals surface area contributed by atoms with E-state index in [0.717, 1.165) is 23.5 Å². The maximum absolute atomic E-state index is 13.0. The second kappa shape index (κ2) is 5.51. The number of aliphatic hydroxyl groups excluding tert-OH is 1. The van der Waals surface area contributed by atoms with Crippen molar-refractivity contribution in [3.05, 3.63) is 50.9 Å². The summed E-state index contributed by atoms with van der Waals surface area (Å²) in [6.45, 7) is 1.45. The zero-order valence-electron chi connectivity index (χ0n) is 10.2. The molecule has 1 aromatic heterocycles. The van der Waals surface area contributed by atoms with Crippen molar-refractivity contribution in [2.24, 2.45) is 0 Å². The van der Waals surface area contributed by atoms with E-state index >= 15 is 0 Å². The summed E-state index contributed by atoms with van der Waals surface area (Å²) in [6, 6.07) is 3.65. The van der Waals surface area contributed by atoms with E-state index < -0.39 is 22.7 Å². The first-order valence-electron chi connectivity index (χ1n) is 5.47. The number of hydrogen-bond donors (Lipinski definition) is 1. The van der Waals surface area contributed by atoms with Gasteiger partial charge in [0.15, 0.2) is 0 Å². The molecule has 2 rings (SSSR count). The molecule has 2 aromatic rings. The van der Waals surface area contributed by atoms with Gasteiger partial charge in [0, 0.05) is 29.1 Å². The van der Waals surface area contributed by atoms with Crippen molar-refractivity contribution in [1.82, 2.24) is 0 Å². The molecule has 1 heterocycles. The molecule has 0 spiro atoms. The van der Waals surface area contributed by atoms with Crippen LogP contribution in [0, 0.1) is 21.7 Å². The lowest BCUT2D eigenvalue weighted by Crippen LogP contribution is -1.90. The molecule has 0 aliphatic heterocycles. The molecule has 0 fully saturated rings. The Balaban J connectivity index is 2.39. The van der Waals surface area contributed by atoms with Crippen LogP contribution in [0.3, 0.4) is 0 Å². The zero-order chi connectivity index (χ0) is 14.9. The summed E-state index contributed by atoms with van der Waals surface area (Å²) in [5, 5.41) is 20.2. The van der Waals surface area contributed by atoms with Crippen molar-refractivity contribution in [1.29, 1.82) is 0 Å². The Morgan fingerprint density at radius 2 is 1.90 bits per heavy atom. The van der Waals surface area contributed by atoms with Crippen LogP contribution in [0.15, 0.2) is 24.3 Å². The lowest BCUT2D eigenvalue weighted by Gasteiger charge is -2.03. The molecule has 8 heteroatoms. The van der Waals surface area contributed by atoms with Gasteiger partial charge in [-0.1, -0.05) is 11.3 Å². The molecule has 1 unspecified atom stereocenters. The molecule has 0 radical (unpaired) electrons. The van der Waals surface area contributed by atoms with Crippen molar-refractivity contribution >= 4 is 17.0 Å². The highest BCUT2D eigenvalue weighted by Crippen LogP contribution is 2.42. The first-order valence-corrected chi connectivity index (χ1v) is 6.28. The molecule has 0 aliphatic carbocycles. The Kier molecular flexibility index (Phi) is 3.96. The van der Waals surface area contributed by atoms with Gasteiger partial charge in [-0.15, -0.1) is 0 Å². The summed E-state index contributed by atoms with van der Waals surface area (Å²) < 4.78 is 31.2. The van der Waals surface area contributed by atoms with E-state index in [2.05, 4.69) is 0 Å². The average Bonchev–Trinajstić information content (AvgIpc) is 2.71. The standard InChI is InChI=1S/C12H9F2NO4S/c1-6(16)11-5-10(15(17)18)12(20-11)19-9-3-7(13)2-8(14)4-9/h2-6,16H,1H3. The lowest BCUT2D eigenvalue weighted by atomic mass is 10.3. The molecule has 5 nitrogen and oxygen atoms in total. The van der Waals surface area contributed by atoms with E-state index in [1.165, 1.54) is 13.0 Å². The fourth-order valence-corrected chi connectivity index (χ4v) is 2.41. The lowest BCUT2D eigenvalue weighted by molar-refractivity contribution is -0.385. The summed E-state index contributed by atoms with van der Waals surface area (Å²) in [5.74, 6) is -1.89. The van der Waals surface area contributed by atoms with Crippen molar-refractivity contribution in [2.45, 2.75) is 13.0 Å². The number of rotatable bonds is 4. The number of hydrogen-bond acceptors (Lipinski definition) is 5. The molecular weight excluding hydrogens is 292 g/mol. The number of aliphatic hydroxyl groups is 1. The molecule has 1 atom stereocenters. The molecule has 0 saturated carbocycles. The monoisotopic (exact) mass is 301 g/mol. The quantitative estimate of drug-likeness (QED) is 0.689. The zero-order valence-corrected chi connectivity index (χ0v) is 11.0. The van der Waals surface area contributed by atoms with Crippen LogP contribution in [0.1, 0.15) is 17.9 Å². The third-order valence-corrected chi connectivity index (χ3v) is 3.53. The second-order valence-corrected chi connectivity index (χ2v) is 5.01. The van der Waals surface area contributed by atoms with Crippen LogP contribution in [0.2, 0.25) is 0 Å². The van der Waals surface area contributed by atoms with E-state index in [9.17, 15) is 24.0 Å². The fourth-order valence-electron chi connectivity index (χ4n) is 1.48. The highest BCUT2D eigenvalue weighted by atomic mass is 32.1. The number of nitro groups is 1. The third-order valence-electron chi connectivity index (χ3n) is 2.35. The summed E-state index contributed by atoms with van der Waals surface area (Å²) in [5.41, 5.74) is -0.365. The Morgan fingerprint density at radius 1 is 1.30 bits per heavy atom. The van der Waals surface area contributed by atoms with E-state index in [1.807, 2.05) is 0 Å². The second-order valence-electron chi connectivity index (χ2n) is 3.96. The van der Waals surface area contributed by atoms with Crippen LogP contribution in [-0.2, 0) is 0 Å². The third kappa shape index (κ3) is 3.09. The number of benzene rings is 1. The van der Waals surface area contributed by atoms with Crippen molar-refractivity contribution in [2.75, 3.05) is 0 Å². The van der Waals surface area contributed by atoms with Gasteiger partial charge in [0.05, 0.1) is 11.0 Å². The van der Waals surface area contributed by atoms with Gasteiger partial charge < -0.3 is 9.84 Å². The van der Waals surface area contributed by atoms with Crippen LogP contribution >= 0.6 is 11.3 Å². The molecule has 0 saturated heterocycles. The summed E-state index contributed by atoms with van der Waals surface area (Å²) in [6.07, 6.45) is -0.903. The van der Waals surface area contributed by atoms with Crippen molar-refractivity contribution in [3.63, 3.8) is 0 Å². The van der Waals surface area contributed by atoms with Gasteiger partial charge in [-0.3, -0.25) is 10.1 Å². The SMILES string of the molecule is CC(O)c1cc([N+](=O)[O-])c(Oc2cc(F)cc(F)c2)s1. The number of halogens is 2. The maximum atomic E-state index is 13.0. The average molecular weight is 301 g/mol. The van der Waals surface area contributed by atoms with Crippen molar-refractivity contribution < 1.29 is 23.5 Å².